The predicted molar refractivity (Wildman–Crippen MR) is 133 cm³/mol. The summed E-state index contributed by atoms with van der Waals surface area (Å²) in [7, 11) is 2.52. The first kappa shape index (κ1) is 28.3. The molecule has 11 nitrogen and oxygen atoms in total. The largest absolute Gasteiger partial charge is 0.465 e. The van der Waals surface area contributed by atoms with Crippen LogP contribution >= 0.6 is 0 Å². The number of likely N-dealkylation sites (N-methyl/N-ethyl adjacent to an activating group) is 1. The molecular weight excluding hydrogens is 504 g/mol. The molecule has 3 rings (SSSR count). The molecule has 0 unspecified atom stereocenters. The minimum absolute atomic E-state index is 0.0698. The second-order valence-electron chi connectivity index (χ2n) is 8.91. The number of nitrogens with one attached hydrogen (secondary N) is 2. The van der Waals surface area contributed by atoms with Crippen LogP contribution in [0.25, 0.3) is 0 Å². The highest BCUT2D eigenvalue weighted by Crippen LogP contribution is 2.37. The molecule has 1 heterocycles. The molecule has 0 aliphatic carbocycles. The monoisotopic (exact) mass is 533 g/mol. The topological polar surface area (TPSA) is 154 Å². The highest BCUT2D eigenvalue weighted by molar-refractivity contribution is 6.00. The van der Waals surface area contributed by atoms with Crippen molar-refractivity contribution >= 4 is 35.2 Å². The summed E-state index contributed by atoms with van der Waals surface area (Å²) in [5, 5.41) is 13.9. The van der Waals surface area contributed by atoms with E-state index in [1.807, 2.05) is 0 Å². The van der Waals surface area contributed by atoms with Gasteiger partial charge >= 0.3 is 6.09 Å². The van der Waals surface area contributed by atoms with Crippen LogP contribution < -0.4 is 16.4 Å². The van der Waals surface area contributed by atoms with Gasteiger partial charge in [-0.05, 0) is 49.2 Å². The fraction of sp³-hybridized carbons (Fsp3) is 0.360. The van der Waals surface area contributed by atoms with Crippen molar-refractivity contribution < 1.29 is 37.8 Å². The summed E-state index contributed by atoms with van der Waals surface area (Å²) in [5.41, 5.74) is 6.45. The van der Waals surface area contributed by atoms with E-state index in [1.165, 1.54) is 34.1 Å². The number of rotatable bonds is 8. The number of nitrogens with zero attached hydrogens (tertiary/aromatic N) is 2. The maximum Gasteiger partial charge on any atom is 0.407 e. The third-order valence-electron chi connectivity index (χ3n) is 6.53. The molecule has 1 aliphatic rings. The molecule has 2 aromatic rings. The van der Waals surface area contributed by atoms with E-state index in [0.29, 0.717) is 16.8 Å². The Balaban J connectivity index is 1.97. The summed E-state index contributed by atoms with van der Waals surface area (Å²) in [6.45, 7) is 2.79. The minimum Gasteiger partial charge on any atom is -0.465 e. The van der Waals surface area contributed by atoms with E-state index in [-0.39, 0.29) is 6.54 Å². The number of hydrogen-bond donors (Lipinski definition) is 4. The van der Waals surface area contributed by atoms with Gasteiger partial charge in [-0.15, -0.1) is 0 Å². The maximum absolute atomic E-state index is 14.3. The zero-order chi connectivity index (χ0) is 28.3. The lowest BCUT2D eigenvalue weighted by molar-refractivity contribution is -0.145. The molecule has 2 aromatic carbocycles. The van der Waals surface area contributed by atoms with Gasteiger partial charge in [0, 0.05) is 26.4 Å². The number of nitrogen functional groups attached to an aromatic ring is 1. The summed E-state index contributed by atoms with van der Waals surface area (Å²) in [6.07, 6.45) is -2.24. The minimum atomic E-state index is -1.35. The molecule has 0 bridgehead atoms. The summed E-state index contributed by atoms with van der Waals surface area (Å²) >= 11 is 0. The highest BCUT2D eigenvalue weighted by atomic mass is 19.1. The number of carbonyl (C=O) groups excluding carboxylic acids is 3. The van der Waals surface area contributed by atoms with Crippen molar-refractivity contribution in [3.05, 3.63) is 59.2 Å². The number of nitrogens with two attached hydrogens (primary N) is 1. The van der Waals surface area contributed by atoms with Crippen LogP contribution in [0.5, 0.6) is 0 Å². The highest BCUT2D eigenvalue weighted by Gasteiger charge is 2.43. The number of amides is 4. The molecule has 0 saturated carbocycles. The molecule has 0 saturated heterocycles. The second-order valence-corrected chi connectivity index (χ2v) is 8.91. The molecular formula is C25H29F2N5O6. The molecule has 0 fully saturated rings. The number of fused-ring (bicyclic) bond motifs is 1. The third kappa shape index (κ3) is 5.67. The molecule has 204 valence electrons. The van der Waals surface area contributed by atoms with Crippen LogP contribution in [0.1, 0.15) is 31.0 Å². The molecule has 4 atom stereocenters. The van der Waals surface area contributed by atoms with Crippen molar-refractivity contribution in [1.29, 1.82) is 0 Å². The van der Waals surface area contributed by atoms with Gasteiger partial charge in [-0.3, -0.25) is 19.3 Å². The van der Waals surface area contributed by atoms with Crippen LogP contribution in [0.2, 0.25) is 0 Å². The van der Waals surface area contributed by atoms with Crippen molar-refractivity contribution in [3.63, 3.8) is 0 Å². The first-order chi connectivity index (χ1) is 17.9. The molecule has 38 heavy (non-hydrogen) atoms. The smallest absolute Gasteiger partial charge is 0.407 e. The van der Waals surface area contributed by atoms with Gasteiger partial charge in [-0.25, -0.2) is 13.6 Å². The van der Waals surface area contributed by atoms with Crippen LogP contribution in [-0.2, 0) is 25.7 Å². The van der Waals surface area contributed by atoms with Crippen LogP contribution in [-0.4, -0.2) is 71.1 Å². The normalized spacial score (nSPS) is 16.7. The van der Waals surface area contributed by atoms with Gasteiger partial charge in [0.05, 0.1) is 6.10 Å². The SMILES string of the molecule is CO[C@H](C)[C@H](NC(=O)[C@H](C)N(C)C(=O)O)C(=O)N1Cc2ccc(N)cc2[C@H]1C(=O)Nc1c(F)cccc1F. The lowest BCUT2D eigenvalue weighted by atomic mass is 10.0. The zero-order valence-corrected chi connectivity index (χ0v) is 21.2. The number of benzene rings is 2. The third-order valence-corrected chi connectivity index (χ3v) is 6.53. The van der Waals surface area contributed by atoms with Crippen molar-refractivity contribution in [2.75, 3.05) is 25.2 Å². The van der Waals surface area contributed by atoms with Gasteiger partial charge in [-0.2, -0.15) is 0 Å². The number of anilines is 2. The van der Waals surface area contributed by atoms with Gasteiger partial charge in [0.15, 0.2) is 0 Å². The standard InChI is InChI=1S/C25H29F2N5O6/c1-12(31(3)25(36)37)22(33)29-19(13(2)38-4)24(35)32-11-14-8-9-15(28)10-16(14)21(32)23(34)30-20-17(26)6-5-7-18(20)27/h5-10,12-13,19,21H,11,28H2,1-4H3,(H,29,33)(H,30,34)(H,36,37)/t12-,13+,19-,21-/m0/s1. The Bertz CT molecular complexity index is 1240. The number of hydrogen-bond acceptors (Lipinski definition) is 6. The predicted octanol–water partition coefficient (Wildman–Crippen LogP) is 2.09. The lowest BCUT2D eigenvalue weighted by Crippen LogP contribution is -2.58. The quantitative estimate of drug-likeness (QED) is 0.379. The maximum atomic E-state index is 14.3. The molecule has 0 aromatic heterocycles. The van der Waals surface area contributed by atoms with Crippen molar-refractivity contribution in [2.24, 2.45) is 0 Å². The molecule has 4 amide bonds. The Morgan fingerprint density at radius 2 is 1.79 bits per heavy atom. The Morgan fingerprint density at radius 3 is 2.37 bits per heavy atom. The van der Waals surface area contributed by atoms with Crippen LogP contribution in [0.3, 0.4) is 0 Å². The van der Waals surface area contributed by atoms with Crippen molar-refractivity contribution in [1.82, 2.24) is 15.1 Å². The van der Waals surface area contributed by atoms with E-state index in [4.69, 9.17) is 10.5 Å². The lowest BCUT2D eigenvalue weighted by Gasteiger charge is -2.32. The van der Waals surface area contributed by atoms with E-state index in [9.17, 15) is 33.1 Å². The Labute approximate surface area is 217 Å². The fourth-order valence-corrected chi connectivity index (χ4v) is 4.06. The molecule has 0 radical (unpaired) electrons. The average Bonchev–Trinajstić information content (AvgIpc) is 3.26. The number of carbonyl (C=O) groups is 4. The van der Waals surface area contributed by atoms with Gasteiger partial charge in [0.25, 0.3) is 5.91 Å². The van der Waals surface area contributed by atoms with Crippen LogP contribution in [0.15, 0.2) is 36.4 Å². The van der Waals surface area contributed by atoms with Crippen molar-refractivity contribution in [2.45, 2.75) is 44.6 Å². The summed E-state index contributed by atoms with van der Waals surface area (Å²) in [6, 6.07) is 3.97. The van der Waals surface area contributed by atoms with Crippen LogP contribution in [0, 0.1) is 11.6 Å². The number of carboxylic acid groups (broad SMARTS) is 1. The fourth-order valence-electron chi connectivity index (χ4n) is 4.06. The van der Waals surface area contributed by atoms with E-state index in [2.05, 4.69) is 10.6 Å². The summed E-state index contributed by atoms with van der Waals surface area (Å²) < 4.78 is 33.8. The molecule has 5 N–H and O–H groups in total. The summed E-state index contributed by atoms with van der Waals surface area (Å²) in [5.74, 6) is -4.41. The van der Waals surface area contributed by atoms with E-state index >= 15 is 0 Å². The van der Waals surface area contributed by atoms with E-state index < -0.39 is 65.4 Å². The van der Waals surface area contributed by atoms with Gasteiger partial charge in [0.2, 0.25) is 11.8 Å². The van der Waals surface area contributed by atoms with Crippen molar-refractivity contribution in [3.8, 4) is 0 Å². The first-order valence-electron chi connectivity index (χ1n) is 11.6. The van der Waals surface area contributed by atoms with Crippen LogP contribution in [0.4, 0.5) is 25.0 Å². The number of methoxy groups -OCH3 is 1. The Kier molecular flexibility index (Phi) is 8.51. The average molecular weight is 534 g/mol. The Morgan fingerprint density at radius 1 is 1.16 bits per heavy atom. The zero-order valence-electron chi connectivity index (χ0n) is 21.2. The first-order valence-corrected chi connectivity index (χ1v) is 11.6. The number of ether oxygens (including phenoxy) is 1. The number of halogens is 2. The Hall–Kier alpha value is -4.26. The van der Waals surface area contributed by atoms with E-state index in [1.54, 1.807) is 12.1 Å². The van der Waals surface area contributed by atoms with E-state index in [0.717, 1.165) is 28.0 Å². The second kappa shape index (κ2) is 11.4. The number of para-hydroxylation sites is 1. The van der Waals surface area contributed by atoms with Gasteiger partial charge < -0.3 is 31.1 Å². The molecule has 1 aliphatic heterocycles. The van der Waals surface area contributed by atoms with Gasteiger partial charge in [0.1, 0.15) is 35.4 Å². The summed E-state index contributed by atoms with van der Waals surface area (Å²) in [4.78, 5) is 53.2. The molecule has 0 spiro atoms. The van der Waals surface area contributed by atoms with Gasteiger partial charge in [-0.1, -0.05) is 12.1 Å². The molecule has 13 heteroatoms.